The molecule has 1 saturated heterocycles. The van der Waals surface area contributed by atoms with Crippen LogP contribution in [-0.4, -0.2) is 41.0 Å². The molecule has 0 saturated carbocycles. The molecule has 2 rings (SSSR count). The number of carboxylic acids is 1. The summed E-state index contributed by atoms with van der Waals surface area (Å²) >= 11 is 11.8. The Labute approximate surface area is 145 Å². The summed E-state index contributed by atoms with van der Waals surface area (Å²) in [5.74, 6) is -1.19. The number of aliphatic carboxylic acids is 1. The molecule has 3 atom stereocenters. The standard InChI is InChI=1S/C16H20Cl2N2O3/c1-9-5-11(16(22)23)8-20(7-9)10(2)15(21)19-12-3-4-13(17)14(18)6-12/h3-4,6,9-11H,5,7-8H2,1-2H3,(H,19,21)(H,22,23). The molecule has 0 radical (unpaired) electrons. The molecule has 2 N–H and O–H groups in total. The Bertz CT molecular complexity index is 609. The summed E-state index contributed by atoms with van der Waals surface area (Å²) in [6.07, 6.45) is 0.646. The summed E-state index contributed by atoms with van der Waals surface area (Å²) < 4.78 is 0. The van der Waals surface area contributed by atoms with E-state index in [4.69, 9.17) is 23.2 Å². The largest absolute Gasteiger partial charge is 0.481 e. The van der Waals surface area contributed by atoms with Crippen molar-refractivity contribution in [3.05, 3.63) is 28.2 Å². The number of carboxylic acid groups (broad SMARTS) is 1. The van der Waals surface area contributed by atoms with Crippen LogP contribution >= 0.6 is 23.2 Å². The molecule has 0 spiro atoms. The SMILES string of the molecule is CC1CC(C(=O)O)CN(C(C)C(=O)Nc2ccc(Cl)c(Cl)c2)C1. The van der Waals surface area contributed by atoms with Gasteiger partial charge in [-0.25, -0.2) is 0 Å². The average molecular weight is 359 g/mol. The van der Waals surface area contributed by atoms with Gasteiger partial charge in [-0.15, -0.1) is 0 Å². The molecule has 1 aromatic rings. The van der Waals surface area contributed by atoms with Crippen molar-refractivity contribution in [1.82, 2.24) is 4.90 Å². The number of anilines is 1. The average Bonchev–Trinajstić information content (AvgIpc) is 2.49. The molecule has 3 unspecified atom stereocenters. The number of halogens is 2. The second-order valence-corrected chi connectivity index (χ2v) is 6.94. The Hall–Kier alpha value is -1.30. The second kappa shape index (κ2) is 7.51. The zero-order chi connectivity index (χ0) is 17.1. The molecular formula is C16H20Cl2N2O3. The lowest BCUT2D eigenvalue weighted by molar-refractivity contribution is -0.145. The molecule has 1 aromatic carbocycles. The van der Waals surface area contributed by atoms with Crippen molar-refractivity contribution in [1.29, 1.82) is 0 Å². The van der Waals surface area contributed by atoms with Gasteiger partial charge in [0.1, 0.15) is 0 Å². The first-order valence-electron chi connectivity index (χ1n) is 7.50. The van der Waals surface area contributed by atoms with Gasteiger partial charge in [0.25, 0.3) is 0 Å². The summed E-state index contributed by atoms with van der Waals surface area (Å²) in [7, 11) is 0. The number of hydrogen-bond donors (Lipinski definition) is 2. The third-order valence-electron chi connectivity index (χ3n) is 4.15. The van der Waals surface area contributed by atoms with E-state index in [2.05, 4.69) is 5.32 Å². The van der Waals surface area contributed by atoms with Crippen LogP contribution in [0, 0.1) is 11.8 Å². The molecule has 0 bridgehead atoms. The Morgan fingerprint density at radius 3 is 2.61 bits per heavy atom. The summed E-state index contributed by atoms with van der Waals surface area (Å²) in [5.41, 5.74) is 0.566. The van der Waals surface area contributed by atoms with E-state index in [1.165, 1.54) is 0 Å². The highest BCUT2D eigenvalue weighted by atomic mass is 35.5. The molecule has 1 amide bonds. The lowest BCUT2D eigenvalue weighted by Crippen LogP contribution is -2.50. The Balaban J connectivity index is 2.03. The maximum Gasteiger partial charge on any atom is 0.307 e. The molecule has 1 heterocycles. The van der Waals surface area contributed by atoms with E-state index in [9.17, 15) is 14.7 Å². The minimum absolute atomic E-state index is 0.193. The van der Waals surface area contributed by atoms with E-state index in [-0.39, 0.29) is 11.8 Å². The van der Waals surface area contributed by atoms with Crippen LogP contribution in [0.4, 0.5) is 5.69 Å². The number of nitrogens with zero attached hydrogens (tertiary/aromatic N) is 1. The number of piperidine rings is 1. The number of amides is 1. The molecule has 7 heteroatoms. The first-order chi connectivity index (χ1) is 10.8. The molecule has 1 aliphatic rings. The van der Waals surface area contributed by atoms with Crippen LogP contribution in [0.15, 0.2) is 18.2 Å². The third-order valence-corrected chi connectivity index (χ3v) is 4.89. The second-order valence-electron chi connectivity index (χ2n) is 6.12. The molecular weight excluding hydrogens is 339 g/mol. The van der Waals surface area contributed by atoms with Crippen molar-refractivity contribution >= 4 is 40.8 Å². The fourth-order valence-corrected chi connectivity index (χ4v) is 3.17. The molecule has 5 nitrogen and oxygen atoms in total. The van der Waals surface area contributed by atoms with Gasteiger partial charge in [0.15, 0.2) is 0 Å². The molecule has 23 heavy (non-hydrogen) atoms. The smallest absolute Gasteiger partial charge is 0.307 e. The van der Waals surface area contributed by atoms with Gasteiger partial charge >= 0.3 is 5.97 Å². The van der Waals surface area contributed by atoms with Gasteiger partial charge in [0.05, 0.1) is 22.0 Å². The van der Waals surface area contributed by atoms with Crippen molar-refractivity contribution in [2.75, 3.05) is 18.4 Å². The highest BCUT2D eigenvalue weighted by Crippen LogP contribution is 2.26. The van der Waals surface area contributed by atoms with Gasteiger partial charge in [0, 0.05) is 18.8 Å². The number of rotatable bonds is 4. The highest BCUT2D eigenvalue weighted by Gasteiger charge is 2.33. The van der Waals surface area contributed by atoms with E-state index in [0.717, 1.165) is 0 Å². The lowest BCUT2D eigenvalue weighted by Gasteiger charge is -2.37. The summed E-state index contributed by atoms with van der Waals surface area (Å²) in [5, 5.41) is 12.8. The van der Waals surface area contributed by atoms with Crippen LogP contribution in [0.3, 0.4) is 0 Å². The maximum atomic E-state index is 12.4. The predicted molar refractivity (Wildman–Crippen MR) is 91.0 cm³/mol. The number of hydrogen-bond acceptors (Lipinski definition) is 3. The van der Waals surface area contributed by atoms with Gasteiger partial charge in [0.2, 0.25) is 5.91 Å². The predicted octanol–water partition coefficient (Wildman–Crippen LogP) is 3.36. The topological polar surface area (TPSA) is 69.6 Å². The van der Waals surface area contributed by atoms with E-state index in [1.54, 1.807) is 25.1 Å². The first-order valence-corrected chi connectivity index (χ1v) is 8.26. The van der Waals surface area contributed by atoms with E-state index < -0.39 is 17.9 Å². The lowest BCUT2D eigenvalue weighted by atomic mass is 9.89. The summed E-state index contributed by atoms with van der Waals surface area (Å²) in [4.78, 5) is 25.6. The van der Waals surface area contributed by atoms with E-state index in [1.807, 2.05) is 11.8 Å². The molecule has 1 fully saturated rings. The van der Waals surface area contributed by atoms with Crippen molar-refractivity contribution in [2.24, 2.45) is 11.8 Å². The zero-order valence-corrected chi connectivity index (χ0v) is 14.6. The number of benzene rings is 1. The fourth-order valence-electron chi connectivity index (χ4n) is 2.87. The Morgan fingerprint density at radius 2 is 2.00 bits per heavy atom. The number of carbonyl (C=O) groups is 2. The number of likely N-dealkylation sites (tertiary alicyclic amines) is 1. The van der Waals surface area contributed by atoms with Crippen molar-refractivity contribution < 1.29 is 14.7 Å². The number of nitrogens with one attached hydrogen (secondary N) is 1. The van der Waals surface area contributed by atoms with E-state index >= 15 is 0 Å². The normalized spacial score (nSPS) is 23.3. The van der Waals surface area contributed by atoms with Crippen LogP contribution in [-0.2, 0) is 9.59 Å². The van der Waals surface area contributed by atoms with Gasteiger partial charge in [-0.05, 0) is 37.5 Å². The minimum Gasteiger partial charge on any atom is -0.481 e. The third kappa shape index (κ3) is 4.59. The zero-order valence-electron chi connectivity index (χ0n) is 13.1. The summed E-state index contributed by atoms with van der Waals surface area (Å²) in [6, 6.07) is 4.47. The van der Waals surface area contributed by atoms with Crippen molar-refractivity contribution in [3.63, 3.8) is 0 Å². The first kappa shape index (κ1) is 18.0. The minimum atomic E-state index is -0.807. The van der Waals surface area contributed by atoms with E-state index in [0.29, 0.717) is 35.2 Å². The molecule has 0 aliphatic carbocycles. The van der Waals surface area contributed by atoms with Crippen LogP contribution in [0.2, 0.25) is 10.0 Å². The van der Waals surface area contributed by atoms with Gasteiger partial charge in [-0.1, -0.05) is 30.1 Å². The fraction of sp³-hybridized carbons (Fsp3) is 0.500. The maximum absolute atomic E-state index is 12.4. The Morgan fingerprint density at radius 1 is 1.30 bits per heavy atom. The highest BCUT2D eigenvalue weighted by molar-refractivity contribution is 6.42. The van der Waals surface area contributed by atoms with Crippen molar-refractivity contribution in [2.45, 2.75) is 26.3 Å². The van der Waals surface area contributed by atoms with Gasteiger partial charge in [-0.2, -0.15) is 0 Å². The van der Waals surface area contributed by atoms with Crippen LogP contribution in [0.1, 0.15) is 20.3 Å². The Kier molecular flexibility index (Phi) is 5.89. The van der Waals surface area contributed by atoms with Crippen LogP contribution < -0.4 is 5.32 Å². The monoisotopic (exact) mass is 358 g/mol. The molecule has 126 valence electrons. The molecule has 0 aromatic heterocycles. The van der Waals surface area contributed by atoms with Crippen LogP contribution in [0.25, 0.3) is 0 Å². The van der Waals surface area contributed by atoms with Gasteiger partial charge in [-0.3, -0.25) is 14.5 Å². The molecule has 1 aliphatic heterocycles. The number of carbonyl (C=O) groups excluding carboxylic acids is 1. The quantitative estimate of drug-likeness (QED) is 0.865. The van der Waals surface area contributed by atoms with Crippen LogP contribution in [0.5, 0.6) is 0 Å². The van der Waals surface area contributed by atoms with Gasteiger partial charge < -0.3 is 10.4 Å². The van der Waals surface area contributed by atoms with Crippen molar-refractivity contribution in [3.8, 4) is 0 Å². The summed E-state index contributed by atoms with van der Waals surface area (Å²) in [6.45, 7) is 4.88.